The van der Waals surface area contributed by atoms with Crippen molar-refractivity contribution in [2.24, 2.45) is 5.41 Å². The van der Waals surface area contributed by atoms with Crippen molar-refractivity contribution in [3.63, 3.8) is 0 Å². The lowest BCUT2D eigenvalue weighted by Crippen LogP contribution is -2.45. The molecule has 2 aliphatic rings. The van der Waals surface area contributed by atoms with Gasteiger partial charge in [0, 0.05) is 23.7 Å². The molecule has 0 saturated heterocycles. The van der Waals surface area contributed by atoms with Crippen molar-refractivity contribution in [1.82, 2.24) is 25.4 Å². The molecule has 3 aromatic heterocycles. The minimum absolute atomic E-state index is 0.135. The molecule has 0 unspecified atom stereocenters. The summed E-state index contributed by atoms with van der Waals surface area (Å²) in [4.78, 5) is 26.8. The van der Waals surface area contributed by atoms with E-state index >= 15 is 0 Å². The zero-order valence-electron chi connectivity index (χ0n) is 15.9. The van der Waals surface area contributed by atoms with E-state index in [2.05, 4.69) is 36.0 Å². The molecule has 0 bridgehead atoms. The van der Waals surface area contributed by atoms with E-state index in [4.69, 9.17) is 0 Å². The van der Waals surface area contributed by atoms with Gasteiger partial charge in [0.25, 0.3) is 0 Å². The van der Waals surface area contributed by atoms with Gasteiger partial charge in [-0.2, -0.15) is 0 Å². The van der Waals surface area contributed by atoms with E-state index in [9.17, 15) is 9.59 Å². The maximum atomic E-state index is 12.2. The third kappa shape index (κ3) is 3.82. The van der Waals surface area contributed by atoms with E-state index in [1.165, 1.54) is 22.7 Å². The third-order valence-electron chi connectivity index (χ3n) is 5.79. The van der Waals surface area contributed by atoms with Crippen LogP contribution in [0.4, 0.5) is 10.3 Å². The van der Waals surface area contributed by atoms with Crippen LogP contribution in [0.1, 0.15) is 53.2 Å². The number of rotatable bonds is 7. The molecule has 2 N–H and O–H groups in total. The Bertz CT molecular complexity index is 1050. The highest BCUT2D eigenvalue weighted by atomic mass is 32.1. The smallest absolute Gasteiger partial charge is 0.232 e. The fourth-order valence-electron chi connectivity index (χ4n) is 4.44. The summed E-state index contributed by atoms with van der Waals surface area (Å²) < 4.78 is 0. The Balaban J connectivity index is 1.11. The van der Waals surface area contributed by atoms with Gasteiger partial charge in [-0.05, 0) is 43.2 Å². The molecule has 1 spiro atoms. The van der Waals surface area contributed by atoms with E-state index in [1.807, 2.05) is 18.2 Å². The van der Waals surface area contributed by atoms with E-state index in [0.717, 1.165) is 41.4 Å². The first-order chi connectivity index (χ1) is 14.6. The Labute approximate surface area is 180 Å². The molecule has 11 heteroatoms. The summed E-state index contributed by atoms with van der Waals surface area (Å²) in [6, 6.07) is 5.51. The molecule has 3 heterocycles. The number of hydrogen-bond acceptors (Lipinski definition) is 9. The number of anilines is 2. The van der Waals surface area contributed by atoms with Crippen LogP contribution in [0.3, 0.4) is 0 Å². The number of nitrogens with zero attached hydrogens (tertiary/aromatic N) is 5. The van der Waals surface area contributed by atoms with E-state index in [1.54, 1.807) is 6.20 Å². The lowest BCUT2D eigenvalue weighted by atomic mass is 9.48. The SMILES string of the molecule is O=CNc1nnc(C2CC3(C2)CC(c2nnc(NC(=O)Cc4ccccn4)s2)C3)s1. The molecule has 2 fully saturated rings. The Kier molecular flexibility index (Phi) is 4.99. The van der Waals surface area contributed by atoms with Gasteiger partial charge in [0.05, 0.1) is 6.42 Å². The fraction of sp³-hybridized carbons (Fsp3) is 0.421. The monoisotopic (exact) mass is 441 g/mol. The molecule has 2 amide bonds. The van der Waals surface area contributed by atoms with Crippen LogP contribution >= 0.6 is 22.7 Å². The van der Waals surface area contributed by atoms with Crippen molar-refractivity contribution >= 4 is 45.3 Å². The molecule has 2 aliphatic carbocycles. The van der Waals surface area contributed by atoms with Crippen LogP contribution in [0, 0.1) is 5.41 Å². The van der Waals surface area contributed by atoms with Crippen LogP contribution in [0.15, 0.2) is 24.4 Å². The molecular formula is C19H19N7O2S2. The zero-order valence-corrected chi connectivity index (χ0v) is 17.6. The number of hydrogen-bond donors (Lipinski definition) is 2. The van der Waals surface area contributed by atoms with Crippen LogP contribution in [-0.4, -0.2) is 37.7 Å². The second-order valence-electron chi connectivity index (χ2n) is 7.91. The number of amides is 2. The fourth-order valence-corrected chi connectivity index (χ4v) is 6.10. The third-order valence-corrected chi connectivity index (χ3v) is 7.81. The molecule has 9 nitrogen and oxygen atoms in total. The minimum atomic E-state index is -0.135. The summed E-state index contributed by atoms with van der Waals surface area (Å²) in [6.45, 7) is 0. The average molecular weight is 442 g/mol. The summed E-state index contributed by atoms with van der Waals surface area (Å²) in [7, 11) is 0. The molecule has 3 aromatic rings. The van der Waals surface area contributed by atoms with Gasteiger partial charge in [-0.3, -0.25) is 14.6 Å². The van der Waals surface area contributed by atoms with E-state index in [-0.39, 0.29) is 12.3 Å². The van der Waals surface area contributed by atoms with Gasteiger partial charge in [0.2, 0.25) is 22.6 Å². The quantitative estimate of drug-likeness (QED) is 0.540. The highest BCUT2D eigenvalue weighted by Gasteiger charge is 2.55. The van der Waals surface area contributed by atoms with Crippen molar-refractivity contribution in [2.75, 3.05) is 10.6 Å². The highest BCUT2D eigenvalue weighted by molar-refractivity contribution is 7.15. The number of carbonyl (C=O) groups excluding carboxylic acids is 2. The Morgan fingerprint density at radius 2 is 1.70 bits per heavy atom. The van der Waals surface area contributed by atoms with Crippen LogP contribution in [0.5, 0.6) is 0 Å². The van der Waals surface area contributed by atoms with Crippen molar-refractivity contribution in [2.45, 2.75) is 43.9 Å². The molecule has 0 atom stereocenters. The van der Waals surface area contributed by atoms with E-state index in [0.29, 0.717) is 33.9 Å². The zero-order chi connectivity index (χ0) is 20.6. The van der Waals surface area contributed by atoms with Crippen molar-refractivity contribution < 1.29 is 9.59 Å². The Hall–Kier alpha value is -2.79. The number of carbonyl (C=O) groups is 2. The largest absolute Gasteiger partial charge is 0.303 e. The minimum Gasteiger partial charge on any atom is -0.303 e. The molecule has 5 rings (SSSR count). The first-order valence-electron chi connectivity index (χ1n) is 9.69. The summed E-state index contributed by atoms with van der Waals surface area (Å²) in [5.74, 6) is 0.705. The molecule has 0 radical (unpaired) electrons. The average Bonchev–Trinajstić information content (AvgIpc) is 3.31. The summed E-state index contributed by atoms with van der Waals surface area (Å²) in [6.07, 6.45) is 6.92. The van der Waals surface area contributed by atoms with Gasteiger partial charge in [-0.25, -0.2) is 0 Å². The Morgan fingerprint density at radius 1 is 1.03 bits per heavy atom. The molecule has 2 saturated carbocycles. The van der Waals surface area contributed by atoms with Gasteiger partial charge in [-0.15, -0.1) is 20.4 Å². The van der Waals surface area contributed by atoms with Crippen LogP contribution in [0.2, 0.25) is 0 Å². The second kappa shape index (κ2) is 7.80. The van der Waals surface area contributed by atoms with Crippen LogP contribution in [-0.2, 0) is 16.0 Å². The highest BCUT2D eigenvalue weighted by Crippen LogP contribution is 2.66. The van der Waals surface area contributed by atoms with E-state index < -0.39 is 0 Å². The summed E-state index contributed by atoms with van der Waals surface area (Å²) in [5.41, 5.74) is 1.09. The predicted molar refractivity (Wildman–Crippen MR) is 112 cm³/mol. The summed E-state index contributed by atoms with van der Waals surface area (Å²) >= 11 is 2.91. The van der Waals surface area contributed by atoms with Crippen molar-refractivity contribution in [1.29, 1.82) is 0 Å². The van der Waals surface area contributed by atoms with Crippen molar-refractivity contribution in [3.05, 3.63) is 40.1 Å². The summed E-state index contributed by atoms with van der Waals surface area (Å²) in [5, 5.41) is 25.1. The van der Waals surface area contributed by atoms with Gasteiger partial charge in [0.1, 0.15) is 10.0 Å². The molecule has 0 aromatic carbocycles. The first-order valence-corrected chi connectivity index (χ1v) is 11.3. The number of pyridine rings is 1. The maximum Gasteiger partial charge on any atom is 0.232 e. The topological polar surface area (TPSA) is 123 Å². The van der Waals surface area contributed by atoms with Gasteiger partial charge >= 0.3 is 0 Å². The van der Waals surface area contributed by atoms with Crippen molar-refractivity contribution in [3.8, 4) is 0 Å². The number of nitrogens with one attached hydrogen (secondary N) is 2. The molecule has 0 aliphatic heterocycles. The normalized spacial score (nSPS) is 24.7. The predicted octanol–water partition coefficient (Wildman–Crippen LogP) is 2.98. The molecule has 30 heavy (non-hydrogen) atoms. The first kappa shape index (κ1) is 19.2. The molecule has 154 valence electrons. The van der Waals surface area contributed by atoms with Crippen LogP contribution in [0.25, 0.3) is 0 Å². The molecular weight excluding hydrogens is 422 g/mol. The van der Waals surface area contributed by atoms with Crippen LogP contribution < -0.4 is 10.6 Å². The standard InChI is InChI=1S/C19H19N7O2S2/c27-10-21-17-25-23-15(29-17)11-6-19(7-11)8-12(9-19)16-24-26-18(30-16)22-14(28)5-13-3-1-2-4-20-13/h1-4,10-12H,5-9H2,(H,21,25,27)(H,22,26,28). The van der Waals surface area contributed by atoms with Gasteiger partial charge < -0.3 is 10.6 Å². The number of aromatic nitrogens is 5. The maximum absolute atomic E-state index is 12.2. The lowest BCUT2D eigenvalue weighted by Gasteiger charge is -2.56. The lowest BCUT2D eigenvalue weighted by molar-refractivity contribution is -0.115. The second-order valence-corrected chi connectivity index (χ2v) is 9.93. The van der Waals surface area contributed by atoms with Gasteiger partial charge in [-0.1, -0.05) is 28.7 Å². The Morgan fingerprint density at radius 3 is 2.33 bits per heavy atom. The van der Waals surface area contributed by atoms with Gasteiger partial charge in [0.15, 0.2) is 0 Å².